The molecule has 2 nitrogen and oxygen atoms in total. The normalized spacial score (nSPS) is 12.5. The van der Waals surface area contributed by atoms with Crippen LogP contribution in [-0.4, -0.2) is 11.1 Å². The quantitative estimate of drug-likeness (QED) is 0.840. The molecule has 0 saturated carbocycles. The van der Waals surface area contributed by atoms with Gasteiger partial charge in [0.05, 0.1) is 6.42 Å². The lowest BCUT2D eigenvalue weighted by Crippen LogP contribution is -2.08. The van der Waals surface area contributed by atoms with Gasteiger partial charge in [-0.05, 0) is 24.5 Å². The molecule has 0 aliphatic heterocycles. The minimum absolute atomic E-state index is 0.141. The summed E-state index contributed by atoms with van der Waals surface area (Å²) < 4.78 is 26.8. The fourth-order valence-corrected chi connectivity index (χ4v) is 1.49. The van der Waals surface area contributed by atoms with E-state index in [-0.39, 0.29) is 12.0 Å². The highest BCUT2D eigenvalue weighted by Crippen LogP contribution is 2.26. The van der Waals surface area contributed by atoms with Gasteiger partial charge >= 0.3 is 5.97 Å². The van der Waals surface area contributed by atoms with Crippen molar-refractivity contribution in [3.8, 4) is 0 Å². The zero-order valence-corrected chi connectivity index (χ0v) is 8.55. The standard InChI is InChI=1S/C11H12F2O2/c1-6-3-4-8(12)10(11(6)13)7(2)5-9(14)15/h3-4,7H,5H2,1-2H3,(H,14,15). The molecule has 82 valence electrons. The summed E-state index contributed by atoms with van der Waals surface area (Å²) in [7, 11) is 0. The molecule has 0 amide bonds. The van der Waals surface area contributed by atoms with Gasteiger partial charge in [-0.1, -0.05) is 13.0 Å². The van der Waals surface area contributed by atoms with Crippen LogP contribution in [0.15, 0.2) is 12.1 Å². The second-order valence-corrected chi connectivity index (χ2v) is 3.59. The van der Waals surface area contributed by atoms with Gasteiger partial charge < -0.3 is 5.11 Å². The van der Waals surface area contributed by atoms with Gasteiger partial charge in [0.1, 0.15) is 11.6 Å². The first-order valence-electron chi connectivity index (χ1n) is 4.59. The number of carbonyl (C=O) groups is 1. The number of halogens is 2. The van der Waals surface area contributed by atoms with Crippen molar-refractivity contribution in [3.63, 3.8) is 0 Å². The average molecular weight is 214 g/mol. The molecule has 1 aromatic rings. The van der Waals surface area contributed by atoms with E-state index in [0.29, 0.717) is 5.56 Å². The smallest absolute Gasteiger partial charge is 0.303 e. The van der Waals surface area contributed by atoms with E-state index in [2.05, 4.69) is 0 Å². The first kappa shape index (κ1) is 11.6. The molecule has 0 radical (unpaired) electrons. The predicted molar refractivity (Wildman–Crippen MR) is 51.8 cm³/mol. The number of hydrogen-bond donors (Lipinski definition) is 1. The molecular formula is C11H12F2O2. The summed E-state index contributed by atoms with van der Waals surface area (Å²) in [5.74, 6) is -3.07. The molecule has 0 aliphatic carbocycles. The van der Waals surface area contributed by atoms with Crippen LogP contribution in [0.2, 0.25) is 0 Å². The van der Waals surface area contributed by atoms with E-state index in [1.54, 1.807) is 0 Å². The zero-order valence-electron chi connectivity index (χ0n) is 8.55. The van der Waals surface area contributed by atoms with Crippen molar-refractivity contribution in [1.29, 1.82) is 0 Å². The van der Waals surface area contributed by atoms with Crippen LogP contribution in [0.1, 0.15) is 30.4 Å². The molecule has 1 rings (SSSR count). The molecule has 0 bridgehead atoms. The van der Waals surface area contributed by atoms with Crippen molar-refractivity contribution >= 4 is 5.97 Å². The maximum atomic E-state index is 13.5. The first-order valence-corrected chi connectivity index (χ1v) is 4.59. The van der Waals surface area contributed by atoms with Crippen LogP contribution >= 0.6 is 0 Å². The largest absolute Gasteiger partial charge is 0.481 e. The third kappa shape index (κ3) is 2.52. The summed E-state index contributed by atoms with van der Waals surface area (Å²) in [6.07, 6.45) is -0.280. The molecule has 1 atom stereocenters. The van der Waals surface area contributed by atoms with Crippen molar-refractivity contribution in [1.82, 2.24) is 0 Å². The molecule has 15 heavy (non-hydrogen) atoms. The third-order valence-corrected chi connectivity index (χ3v) is 2.29. The minimum Gasteiger partial charge on any atom is -0.481 e. The lowest BCUT2D eigenvalue weighted by Gasteiger charge is -2.12. The molecule has 0 saturated heterocycles. The van der Waals surface area contributed by atoms with Gasteiger partial charge in [-0.3, -0.25) is 4.79 Å². The van der Waals surface area contributed by atoms with Crippen LogP contribution in [0.5, 0.6) is 0 Å². The molecule has 0 aliphatic rings. The van der Waals surface area contributed by atoms with Crippen LogP contribution in [0.3, 0.4) is 0 Å². The second-order valence-electron chi connectivity index (χ2n) is 3.59. The lowest BCUT2D eigenvalue weighted by molar-refractivity contribution is -0.137. The van der Waals surface area contributed by atoms with E-state index in [4.69, 9.17) is 5.11 Å². The van der Waals surface area contributed by atoms with Gasteiger partial charge in [0.25, 0.3) is 0 Å². The maximum Gasteiger partial charge on any atom is 0.303 e. The average Bonchev–Trinajstić information content (AvgIpc) is 2.11. The topological polar surface area (TPSA) is 37.3 Å². The fourth-order valence-electron chi connectivity index (χ4n) is 1.49. The predicted octanol–water partition coefficient (Wildman–Crippen LogP) is 2.85. The van der Waals surface area contributed by atoms with E-state index in [9.17, 15) is 13.6 Å². The monoisotopic (exact) mass is 214 g/mol. The molecule has 0 aromatic heterocycles. The summed E-state index contributed by atoms with van der Waals surface area (Å²) >= 11 is 0. The van der Waals surface area contributed by atoms with E-state index in [0.717, 1.165) is 6.07 Å². The lowest BCUT2D eigenvalue weighted by atomic mass is 9.95. The van der Waals surface area contributed by atoms with E-state index < -0.39 is 23.5 Å². The Hall–Kier alpha value is -1.45. The molecule has 1 N–H and O–H groups in total. The van der Waals surface area contributed by atoms with Crippen LogP contribution in [0.25, 0.3) is 0 Å². The number of aryl methyl sites for hydroxylation is 1. The fraction of sp³-hybridized carbons (Fsp3) is 0.364. The van der Waals surface area contributed by atoms with E-state index >= 15 is 0 Å². The Labute approximate surface area is 86.5 Å². The number of aliphatic carboxylic acids is 1. The van der Waals surface area contributed by atoms with Gasteiger partial charge in [0.15, 0.2) is 0 Å². The molecule has 0 heterocycles. The molecular weight excluding hydrogens is 202 g/mol. The third-order valence-electron chi connectivity index (χ3n) is 2.29. The van der Waals surface area contributed by atoms with Gasteiger partial charge in [0.2, 0.25) is 0 Å². The first-order chi connectivity index (χ1) is 6.93. The van der Waals surface area contributed by atoms with Gasteiger partial charge in [0, 0.05) is 5.56 Å². The Morgan fingerprint density at radius 1 is 1.47 bits per heavy atom. The number of carboxylic acid groups (broad SMARTS) is 1. The van der Waals surface area contributed by atoms with Crippen LogP contribution in [0, 0.1) is 18.6 Å². The van der Waals surface area contributed by atoms with Crippen LogP contribution in [-0.2, 0) is 4.79 Å². The van der Waals surface area contributed by atoms with Crippen molar-refractivity contribution in [3.05, 3.63) is 34.9 Å². The highest BCUT2D eigenvalue weighted by molar-refractivity contribution is 5.68. The van der Waals surface area contributed by atoms with Crippen molar-refractivity contribution in [2.24, 2.45) is 0 Å². The molecule has 0 spiro atoms. The Balaban J connectivity index is 3.12. The molecule has 1 aromatic carbocycles. The summed E-state index contributed by atoms with van der Waals surface area (Å²) in [6.45, 7) is 3.01. The molecule has 0 fully saturated rings. The Morgan fingerprint density at radius 2 is 2.07 bits per heavy atom. The summed E-state index contributed by atoms with van der Waals surface area (Å²) in [5.41, 5.74) is 0.182. The van der Waals surface area contributed by atoms with Gasteiger partial charge in [-0.15, -0.1) is 0 Å². The summed E-state index contributed by atoms with van der Waals surface area (Å²) in [6, 6.07) is 2.49. The maximum absolute atomic E-state index is 13.5. The number of hydrogen-bond acceptors (Lipinski definition) is 1. The molecule has 4 heteroatoms. The molecule has 1 unspecified atom stereocenters. The number of rotatable bonds is 3. The van der Waals surface area contributed by atoms with Crippen molar-refractivity contribution < 1.29 is 18.7 Å². The number of carboxylic acids is 1. The Morgan fingerprint density at radius 3 is 2.60 bits per heavy atom. The van der Waals surface area contributed by atoms with Crippen molar-refractivity contribution in [2.75, 3.05) is 0 Å². The SMILES string of the molecule is Cc1ccc(F)c(C(C)CC(=O)O)c1F. The van der Waals surface area contributed by atoms with E-state index in [1.807, 2.05) is 0 Å². The van der Waals surface area contributed by atoms with Crippen molar-refractivity contribution in [2.45, 2.75) is 26.2 Å². The Bertz CT molecular complexity index is 388. The minimum atomic E-state index is -1.07. The van der Waals surface area contributed by atoms with Gasteiger partial charge in [-0.2, -0.15) is 0 Å². The second kappa shape index (κ2) is 4.38. The van der Waals surface area contributed by atoms with Crippen LogP contribution in [0.4, 0.5) is 8.78 Å². The van der Waals surface area contributed by atoms with Crippen LogP contribution < -0.4 is 0 Å². The van der Waals surface area contributed by atoms with E-state index in [1.165, 1.54) is 19.9 Å². The summed E-state index contributed by atoms with van der Waals surface area (Å²) in [4.78, 5) is 10.4. The highest BCUT2D eigenvalue weighted by Gasteiger charge is 2.19. The zero-order chi connectivity index (χ0) is 11.6. The highest BCUT2D eigenvalue weighted by atomic mass is 19.1. The Kier molecular flexibility index (Phi) is 3.39. The number of benzene rings is 1. The van der Waals surface area contributed by atoms with Gasteiger partial charge in [-0.25, -0.2) is 8.78 Å². The summed E-state index contributed by atoms with van der Waals surface area (Å²) in [5, 5.41) is 8.55.